The smallest absolute Gasteiger partial charge is 0.333 e. The molecule has 0 unspecified atom stereocenters. The van der Waals surface area contributed by atoms with Crippen LogP contribution in [0.2, 0.25) is 0 Å². The number of aliphatic hydroxyl groups excluding tert-OH is 5. The molecule has 0 radical (unpaired) electrons. The third-order valence-electron chi connectivity index (χ3n) is 23.2. The molecule has 3 saturated carbocycles. The first kappa shape index (κ1) is 75.1. The summed E-state index contributed by atoms with van der Waals surface area (Å²) in [7, 11) is 6.03. The zero-order valence-electron chi connectivity index (χ0n) is 57.2. The molecular formula is C69H104O27. The van der Waals surface area contributed by atoms with E-state index in [2.05, 4.69) is 0 Å². The molecule has 0 amide bonds. The normalized spacial score (nSPS) is 48.5. The fourth-order valence-corrected chi connectivity index (χ4v) is 17.1. The Kier molecular flexibility index (Phi) is 23.3. The minimum Gasteiger partial charge on any atom is -0.458 e. The summed E-state index contributed by atoms with van der Waals surface area (Å²) >= 11 is 0. The van der Waals surface area contributed by atoms with E-state index in [1.165, 1.54) is 33.3 Å². The van der Waals surface area contributed by atoms with E-state index in [1.807, 2.05) is 51.1 Å². The Morgan fingerprint density at radius 2 is 1.18 bits per heavy atom. The minimum absolute atomic E-state index is 0.0760. The summed E-state index contributed by atoms with van der Waals surface area (Å²) in [5, 5.41) is 105. The number of carbonyl (C=O) groups is 2. The highest BCUT2D eigenvalue weighted by molar-refractivity contribution is 5.88. The van der Waals surface area contributed by atoms with E-state index >= 15 is 0 Å². The molecule has 1 aromatic carbocycles. The molecule has 10 rings (SSSR count). The van der Waals surface area contributed by atoms with Crippen molar-refractivity contribution in [2.24, 2.45) is 16.7 Å². The molecule has 1 aromatic rings. The van der Waals surface area contributed by atoms with Crippen molar-refractivity contribution in [1.29, 1.82) is 0 Å². The highest BCUT2D eigenvalue weighted by Crippen LogP contribution is 2.72. The molecule has 4 aliphatic carbocycles. The quantitative estimate of drug-likeness (QED) is 0.0484. The maximum Gasteiger partial charge on any atom is 0.333 e. The Morgan fingerprint density at radius 3 is 1.73 bits per heavy atom. The van der Waals surface area contributed by atoms with Crippen LogP contribution in [0.4, 0.5) is 0 Å². The number of rotatable bonds is 21. The number of ether oxygens (including phenoxy) is 16. The molecule has 0 bridgehead atoms. The van der Waals surface area contributed by atoms with Gasteiger partial charge >= 0.3 is 11.9 Å². The highest BCUT2D eigenvalue weighted by Gasteiger charge is 2.82. The topological polar surface area (TPSA) is 364 Å². The van der Waals surface area contributed by atoms with Gasteiger partial charge in [-0.05, 0) is 92.2 Å². The van der Waals surface area contributed by atoms with Crippen LogP contribution < -0.4 is 0 Å². The van der Waals surface area contributed by atoms with Gasteiger partial charge in [-0.25, -0.2) is 9.59 Å². The van der Waals surface area contributed by atoms with Gasteiger partial charge in [-0.2, -0.15) is 0 Å². The van der Waals surface area contributed by atoms with Gasteiger partial charge in [0, 0.05) is 77.1 Å². The number of esters is 2. The summed E-state index contributed by atoms with van der Waals surface area (Å²) in [4.78, 5) is 27.2. The van der Waals surface area contributed by atoms with Crippen LogP contribution in [-0.2, 0) is 85.4 Å². The van der Waals surface area contributed by atoms with Gasteiger partial charge in [0.15, 0.2) is 31.5 Å². The van der Waals surface area contributed by atoms with Crippen molar-refractivity contribution >= 4 is 18.0 Å². The Hall–Kier alpha value is -3.54. The minimum atomic E-state index is -2.18. The molecule has 0 aromatic heterocycles. The van der Waals surface area contributed by atoms with Gasteiger partial charge in [0.25, 0.3) is 0 Å². The van der Waals surface area contributed by atoms with Crippen LogP contribution in [0, 0.1) is 16.7 Å². The zero-order chi connectivity index (χ0) is 69.8. The first-order valence-electron chi connectivity index (χ1n) is 33.8. The van der Waals surface area contributed by atoms with Crippen LogP contribution in [0.15, 0.2) is 60.2 Å². The number of benzene rings is 1. The van der Waals surface area contributed by atoms with Crippen LogP contribution in [-0.4, -0.2) is 269 Å². The molecule has 8 fully saturated rings. The van der Waals surface area contributed by atoms with E-state index in [9.17, 15) is 55.5 Å². The molecule has 0 spiro atoms. The van der Waals surface area contributed by atoms with Gasteiger partial charge in [0.2, 0.25) is 0 Å². The average Bonchev–Trinajstić information content (AvgIpc) is 1.33. The van der Waals surface area contributed by atoms with E-state index in [-0.39, 0.29) is 44.9 Å². The lowest BCUT2D eigenvalue weighted by Gasteiger charge is -2.68. The summed E-state index contributed by atoms with van der Waals surface area (Å²) in [6.07, 6.45) is -15.9. The van der Waals surface area contributed by atoms with E-state index < -0.39 is 211 Å². The van der Waals surface area contributed by atoms with Crippen molar-refractivity contribution in [3.8, 4) is 0 Å². The number of allylic oxidation sites excluding steroid dienone is 1. The second-order valence-electron chi connectivity index (χ2n) is 28.3. The summed E-state index contributed by atoms with van der Waals surface area (Å²) in [5.74, 6) is -2.35. The zero-order valence-corrected chi connectivity index (χ0v) is 57.2. The van der Waals surface area contributed by atoms with Gasteiger partial charge in [0.1, 0.15) is 90.1 Å². The second-order valence-corrected chi connectivity index (χ2v) is 28.3. The monoisotopic (exact) mass is 1360 g/mol. The van der Waals surface area contributed by atoms with Gasteiger partial charge in [-0.3, -0.25) is 0 Å². The molecule has 5 aliphatic heterocycles. The predicted octanol–water partition coefficient (Wildman–Crippen LogP) is 2.31. The Labute approximate surface area is 561 Å². The molecule has 5 heterocycles. The summed E-state index contributed by atoms with van der Waals surface area (Å²) < 4.78 is 99.6. The van der Waals surface area contributed by atoms with Crippen LogP contribution in [0.25, 0.3) is 6.08 Å². The molecule has 5 saturated heterocycles. The highest BCUT2D eigenvalue weighted by atomic mass is 16.8. The fourth-order valence-electron chi connectivity index (χ4n) is 17.1. The number of hydrogen-bond donors (Lipinski definition) is 9. The van der Waals surface area contributed by atoms with Gasteiger partial charge < -0.3 is 122 Å². The summed E-state index contributed by atoms with van der Waals surface area (Å²) in [5.41, 5.74) is -9.81. The SMILES string of the molecule is C/C=C(\C)C(=O)O[C@@H](C)[C@]1(O)CC[C@@]2(O)[C@]1(C)[C@H](OC(=O)/C=C/c1ccccc1)C[C@H]1[C@@]2(O)C=C[C@@]2(O)C[C@@H](O[C@H]3C[C@H](OC)[C@H](O[C@H]4C[C@H](OC)[C@H](O[C@H]5C[C@@H](OC)[C@H](O[C@@H]6O[C@H](C)[C@@H](O[C@@H]7O[C@H](CO)[C@@H](O)[C@H](O)[C@H]7O)[C@H](OC)[C@H]6O)[C@@H](C)O5)[C@@H](C)O4)[C@@H](C)O3)CC[C@]12C. The predicted molar refractivity (Wildman–Crippen MR) is 335 cm³/mol. The Morgan fingerprint density at radius 1 is 0.635 bits per heavy atom. The van der Waals surface area contributed by atoms with Crippen LogP contribution in [0.1, 0.15) is 126 Å². The molecule has 27 nitrogen and oxygen atoms in total. The lowest BCUT2D eigenvalue weighted by atomic mass is 9.41. The number of carbonyl (C=O) groups excluding carboxylic acids is 2. The second kappa shape index (κ2) is 29.8. The third-order valence-corrected chi connectivity index (χ3v) is 23.2. The van der Waals surface area contributed by atoms with Crippen molar-refractivity contribution < 1.29 is 131 Å². The van der Waals surface area contributed by atoms with Gasteiger partial charge in [-0.15, -0.1) is 0 Å². The molecule has 96 heavy (non-hydrogen) atoms. The van der Waals surface area contributed by atoms with E-state index in [4.69, 9.17) is 75.8 Å². The van der Waals surface area contributed by atoms with Gasteiger partial charge in [-0.1, -0.05) is 62.4 Å². The fraction of sp³-hybridized carbons (Fsp3) is 0.797. The van der Waals surface area contributed by atoms with Crippen molar-refractivity contribution in [1.82, 2.24) is 0 Å². The lowest BCUT2D eigenvalue weighted by molar-refractivity contribution is -0.374. The average molecular weight is 1370 g/mol. The van der Waals surface area contributed by atoms with Crippen LogP contribution in [0.3, 0.4) is 0 Å². The van der Waals surface area contributed by atoms with E-state index in [0.29, 0.717) is 18.4 Å². The number of methoxy groups -OCH3 is 4. The number of hydrogen-bond acceptors (Lipinski definition) is 27. The van der Waals surface area contributed by atoms with Crippen molar-refractivity contribution in [2.45, 2.75) is 296 Å². The third kappa shape index (κ3) is 13.6. The largest absolute Gasteiger partial charge is 0.458 e. The lowest BCUT2D eigenvalue weighted by Crippen LogP contribution is -2.80. The summed E-state index contributed by atoms with van der Waals surface area (Å²) in [6, 6.07) is 9.15. The van der Waals surface area contributed by atoms with Crippen LogP contribution in [0.5, 0.6) is 0 Å². The van der Waals surface area contributed by atoms with E-state index in [1.54, 1.807) is 67.1 Å². The number of aliphatic hydroxyl groups is 9. The first-order chi connectivity index (χ1) is 45.4. The van der Waals surface area contributed by atoms with E-state index in [0.717, 1.165) is 5.56 Å². The molecular weight excluding hydrogens is 1260 g/mol. The van der Waals surface area contributed by atoms with Crippen LogP contribution >= 0.6 is 0 Å². The molecule has 32 atom stereocenters. The number of fused-ring (bicyclic) bond motifs is 5. The molecule has 9 aliphatic rings. The summed E-state index contributed by atoms with van der Waals surface area (Å²) in [6.45, 7) is 14.7. The maximum atomic E-state index is 14.0. The van der Waals surface area contributed by atoms with Crippen molar-refractivity contribution in [3.05, 3.63) is 65.8 Å². The molecule has 27 heteroatoms. The molecule has 542 valence electrons. The first-order valence-corrected chi connectivity index (χ1v) is 33.8. The standard InChI is InChI=1S/C69H104O27/c1-14-34(2)61(76)89-39(7)67(78)26-27-69(80)65(67,9)47(92-48(71)21-20-40-18-16-15-17-19-40)31-46-64(8)23-22-41(32-66(64,77)24-25-68(46,69)79)90-49-28-42(81-10)56(35(3)85-49)93-50-29-43(82-11)57(36(4)86-50)94-51-30-44(83-12)58(37(5)87-51)95-63-55(75)60(84-13)59(38(6)88-63)96-62-54(74)53(73)52(72)45(33-70)91-62/h14-21,24-25,35-39,41-47,49-60,62-63,70,72-75,77-80H,22-23,26-33H2,1-13H3/b21-20+,34-14+/t35-,36-,37-,38-,39+,41+,42+,43+,44-,45-,46-,47-,49+,50+,51+,52-,53+,54-,55-,56-,57-,58-,59-,60-,62+,63+,64-,65-,66-,67-,68+,69-/m1/s1. The Bertz CT molecular complexity index is 2880. The molecule has 9 N–H and O–H groups in total. The van der Waals surface area contributed by atoms with Gasteiger partial charge in [0.05, 0.1) is 66.5 Å². The maximum absolute atomic E-state index is 14.0. The Balaban J connectivity index is 0.753. The van der Waals surface area contributed by atoms with Crippen molar-refractivity contribution in [3.63, 3.8) is 0 Å². The van der Waals surface area contributed by atoms with Crippen molar-refractivity contribution in [2.75, 3.05) is 35.0 Å².